The van der Waals surface area contributed by atoms with Gasteiger partial charge >= 0.3 is 0 Å². The van der Waals surface area contributed by atoms with Crippen LogP contribution in [0.2, 0.25) is 0 Å². The van der Waals surface area contributed by atoms with Crippen molar-refractivity contribution in [1.29, 1.82) is 0 Å². The van der Waals surface area contributed by atoms with Crippen LogP contribution in [0, 0.1) is 0 Å². The molecule has 1 aromatic carbocycles. The summed E-state index contributed by atoms with van der Waals surface area (Å²) in [6.07, 6.45) is 0. The van der Waals surface area contributed by atoms with Crippen LogP contribution in [0.1, 0.15) is 26.3 Å². The monoisotopic (exact) mass is 219 g/mol. The summed E-state index contributed by atoms with van der Waals surface area (Å²) < 4.78 is 0. The number of hydrogen-bond acceptors (Lipinski definition) is 2. The largest absolute Gasteiger partial charge is 0.386 e. The first-order valence-corrected chi connectivity index (χ1v) is 5.66. The third kappa shape index (κ3) is 2.34. The maximum atomic E-state index is 3.67. The van der Waals surface area contributed by atoms with Gasteiger partial charge in [0.2, 0.25) is 0 Å². The van der Waals surface area contributed by atoms with E-state index >= 15 is 0 Å². The lowest BCUT2D eigenvalue weighted by Crippen LogP contribution is -2.25. The minimum Gasteiger partial charge on any atom is -0.386 e. The van der Waals surface area contributed by atoms with Crippen molar-refractivity contribution < 1.29 is 0 Å². The molecule has 1 rings (SSSR count). The van der Waals surface area contributed by atoms with Gasteiger partial charge in [0.15, 0.2) is 0 Å². The summed E-state index contributed by atoms with van der Waals surface area (Å²) in [7, 11) is 7.57. The van der Waals surface area contributed by atoms with E-state index in [2.05, 4.69) is 53.8 Å². The highest BCUT2D eigenvalue weighted by molar-refractivity contribution is 6.34. The Hall–Kier alpha value is -0.963. The van der Waals surface area contributed by atoms with Gasteiger partial charge < -0.3 is 10.6 Å². The smallest absolute Gasteiger partial charge is 0.0717 e. The van der Waals surface area contributed by atoms with E-state index in [1.54, 1.807) is 0 Å². The Morgan fingerprint density at radius 2 is 1.67 bits per heavy atom. The van der Waals surface area contributed by atoms with Crippen molar-refractivity contribution in [2.45, 2.75) is 26.2 Å². The van der Waals surface area contributed by atoms with E-state index in [4.69, 9.17) is 0 Å². The van der Waals surface area contributed by atoms with E-state index in [-0.39, 0.29) is 5.41 Å². The Kier molecular flexibility index (Phi) is 3.45. The second-order valence-corrected chi connectivity index (χ2v) is 5.20. The molecule has 3 heteroatoms. The molecular weight excluding hydrogens is 200 g/mol. The van der Waals surface area contributed by atoms with Crippen LogP contribution in [0.3, 0.4) is 0 Å². The summed E-state index contributed by atoms with van der Waals surface area (Å²) in [6.45, 7) is 6.64. The van der Waals surface area contributed by atoms with Crippen LogP contribution < -0.4 is 15.8 Å². The highest BCUT2D eigenvalue weighted by Crippen LogP contribution is 2.32. The fourth-order valence-corrected chi connectivity index (χ4v) is 2.43. The molecule has 15 heavy (non-hydrogen) atoms. The zero-order valence-electron chi connectivity index (χ0n) is 10.2. The van der Waals surface area contributed by atoms with Crippen molar-refractivity contribution in [3.8, 4) is 0 Å². The second kappa shape index (κ2) is 4.27. The van der Waals surface area contributed by atoms with Crippen LogP contribution in [0.5, 0.6) is 0 Å². The van der Waals surface area contributed by atoms with E-state index in [9.17, 15) is 0 Å². The summed E-state index contributed by atoms with van der Waals surface area (Å²) in [4.78, 5) is 0. The van der Waals surface area contributed by atoms with Crippen molar-refractivity contribution in [1.82, 2.24) is 0 Å². The Balaban J connectivity index is 3.46. The molecule has 81 valence electrons. The molecule has 1 aromatic rings. The molecule has 0 aliphatic rings. The average molecular weight is 219 g/mol. The molecule has 0 unspecified atom stereocenters. The zero-order chi connectivity index (χ0) is 11.6. The minimum absolute atomic E-state index is 0.113. The first-order valence-electron chi connectivity index (χ1n) is 5.16. The lowest BCUT2D eigenvalue weighted by atomic mass is 9.85. The molecule has 0 saturated carbocycles. The fraction of sp³-hybridized carbons (Fsp3) is 0.500. The van der Waals surface area contributed by atoms with Crippen LogP contribution in [-0.4, -0.2) is 24.3 Å². The highest BCUT2D eigenvalue weighted by atomic mass is 28.1. The fourth-order valence-electron chi connectivity index (χ4n) is 1.85. The molecule has 2 nitrogen and oxygen atoms in total. The van der Waals surface area contributed by atoms with E-state index in [0.29, 0.717) is 0 Å². The molecule has 0 bridgehead atoms. The maximum absolute atomic E-state index is 3.67. The van der Waals surface area contributed by atoms with E-state index in [1.807, 2.05) is 14.1 Å². The molecule has 0 aliphatic carbocycles. The molecule has 0 atom stereocenters. The van der Waals surface area contributed by atoms with Crippen LogP contribution in [0.4, 0.5) is 11.4 Å². The number of hydrogen-bond donors (Lipinski definition) is 2. The summed E-state index contributed by atoms with van der Waals surface area (Å²) in [5.41, 5.74) is 3.71. The van der Waals surface area contributed by atoms with Gasteiger partial charge in [-0.3, -0.25) is 0 Å². The lowest BCUT2D eigenvalue weighted by Gasteiger charge is -2.27. The topological polar surface area (TPSA) is 24.1 Å². The van der Waals surface area contributed by atoms with Gasteiger partial charge in [-0.25, -0.2) is 0 Å². The summed E-state index contributed by atoms with van der Waals surface area (Å²) in [6, 6.07) is 4.16. The number of rotatable bonds is 2. The van der Waals surface area contributed by atoms with Gasteiger partial charge in [-0.1, -0.05) is 32.0 Å². The number of anilines is 2. The molecule has 0 aromatic heterocycles. The van der Waals surface area contributed by atoms with Gasteiger partial charge in [-0.2, -0.15) is 0 Å². The Morgan fingerprint density at radius 3 is 2.07 bits per heavy atom. The first kappa shape index (κ1) is 12.1. The van der Waals surface area contributed by atoms with Gasteiger partial charge in [0, 0.05) is 14.1 Å². The van der Waals surface area contributed by atoms with Crippen molar-refractivity contribution in [2.24, 2.45) is 0 Å². The SMILES string of the molecule is CNc1ccc([Si])c(C(C)(C)C)c1NC. The Morgan fingerprint density at radius 1 is 1.07 bits per heavy atom. The standard InChI is InChI=1S/C12H19N2Si/c1-12(2,3)10-9(15)7-6-8(13-4)11(10)14-5/h6-7,13-14H,1-5H3. The summed E-state index contributed by atoms with van der Waals surface area (Å²) in [5, 5.41) is 7.62. The van der Waals surface area contributed by atoms with Crippen LogP contribution in [-0.2, 0) is 5.41 Å². The molecular formula is C12H19N2Si. The van der Waals surface area contributed by atoms with Gasteiger partial charge in [0.25, 0.3) is 0 Å². The summed E-state index contributed by atoms with van der Waals surface area (Å²) in [5.74, 6) is 0. The molecule has 0 spiro atoms. The number of benzene rings is 1. The zero-order valence-corrected chi connectivity index (χ0v) is 11.2. The third-order valence-electron chi connectivity index (χ3n) is 2.47. The van der Waals surface area contributed by atoms with Crippen molar-refractivity contribution >= 4 is 26.8 Å². The molecule has 0 saturated heterocycles. The predicted octanol–water partition coefficient (Wildman–Crippen LogP) is 1.86. The molecule has 2 N–H and O–H groups in total. The molecule has 0 amide bonds. The van der Waals surface area contributed by atoms with Crippen molar-refractivity contribution in [3.63, 3.8) is 0 Å². The van der Waals surface area contributed by atoms with E-state index in [1.165, 1.54) is 5.56 Å². The number of nitrogens with one attached hydrogen (secondary N) is 2. The maximum Gasteiger partial charge on any atom is 0.0717 e. The Labute approximate surface area is 95.9 Å². The molecule has 0 heterocycles. The van der Waals surface area contributed by atoms with Gasteiger partial charge in [-0.15, -0.1) is 0 Å². The quantitative estimate of drug-likeness (QED) is 0.742. The van der Waals surface area contributed by atoms with Gasteiger partial charge in [0.05, 0.1) is 21.6 Å². The molecule has 0 aliphatic heterocycles. The Bertz CT molecular complexity index is 353. The van der Waals surface area contributed by atoms with Crippen molar-refractivity contribution in [2.75, 3.05) is 24.7 Å². The predicted molar refractivity (Wildman–Crippen MR) is 69.6 cm³/mol. The highest BCUT2D eigenvalue weighted by Gasteiger charge is 2.21. The third-order valence-corrected chi connectivity index (χ3v) is 2.89. The molecule has 0 fully saturated rings. The van der Waals surface area contributed by atoms with Gasteiger partial charge in [-0.05, 0) is 17.0 Å². The van der Waals surface area contributed by atoms with Crippen LogP contribution in [0.15, 0.2) is 12.1 Å². The summed E-state index contributed by atoms with van der Waals surface area (Å²) >= 11 is 0. The second-order valence-electron chi connectivity index (χ2n) is 4.66. The average Bonchev–Trinajstić information content (AvgIpc) is 2.15. The van der Waals surface area contributed by atoms with Gasteiger partial charge in [0.1, 0.15) is 0 Å². The van der Waals surface area contributed by atoms with Crippen LogP contribution >= 0.6 is 0 Å². The van der Waals surface area contributed by atoms with Crippen LogP contribution in [0.25, 0.3) is 0 Å². The first-order chi connectivity index (χ1) is 6.91. The van der Waals surface area contributed by atoms with E-state index in [0.717, 1.165) is 16.6 Å². The lowest BCUT2D eigenvalue weighted by molar-refractivity contribution is 0.596. The van der Waals surface area contributed by atoms with E-state index < -0.39 is 0 Å². The molecule has 3 radical (unpaired) electrons. The normalized spacial score (nSPS) is 11.3. The van der Waals surface area contributed by atoms with Crippen molar-refractivity contribution in [3.05, 3.63) is 17.7 Å². The minimum atomic E-state index is 0.113.